The number of benzene rings is 1. The maximum absolute atomic E-state index is 13.0. The Kier molecular flexibility index (Phi) is 9.43. The Bertz CT molecular complexity index is 676. The van der Waals surface area contributed by atoms with E-state index in [-0.39, 0.29) is 17.9 Å². The van der Waals surface area contributed by atoms with Crippen molar-refractivity contribution in [2.75, 3.05) is 32.8 Å². The Labute approximate surface area is 175 Å². The van der Waals surface area contributed by atoms with Gasteiger partial charge in [-0.1, -0.05) is 52.7 Å². The molecular weight excluding hydrogens is 366 g/mol. The van der Waals surface area contributed by atoms with Crippen molar-refractivity contribution >= 4 is 5.91 Å². The van der Waals surface area contributed by atoms with Crippen LogP contribution in [-0.4, -0.2) is 55.8 Å². The van der Waals surface area contributed by atoms with Crippen LogP contribution in [0.15, 0.2) is 24.3 Å². The number of nitriles is 1. The van der Waals surface area contributed by atoms with Crippen LogP contribution in [-0.2, 0) is 9.53 Å². The zero-order valence-corrected chi connectivity index (χ0v) is 18.2. The van der Waals surface area contributed by atoms with Gasteiger partial charge in [0, 0.05) is 25.7 Å². The van der Waals surface area contributed by atoms with Crippen molar-refractivity contribution in [3.05, 3.63) is 29.8 Å². The molecule has 160 valence electrons. The second-order valence-electron chi connectivity index (χ2n) is 7.93. The summed E-state index contributed by atoms with van der Waals surface area (Å²) in [6.07, 6.45) is 1.51. The number of hydrogen-bond donors (Lipinski definition) is 1. The highest BCUT2D eigenvalue weighted by atomic mass is 16.5. The first-order chi connectivity index (χ1) is 14.0. The first-order valence-corrected chi connectivity index (χ1v) is 10.8. The molecule has 6 heteroatoms. The lowest BCUT2D eigenvalue weighted by Crippen LogP contribution is -2.53. The quantitative estimate of drug-likeness (QED) is 0.652. The number of ether oxygens (including phenoxy) is 2. The third kappa shape index (κ3) is 6.45. The van der Waals surface area contributed by atoms with Gasteiger partial charge >= 0.3 is 0 Å². The normalized spacial score (nSPS) is 17.0. The lowest BCUT2D eigenvalue weighted by Gasteiger charge is -2.39. The molecule has 1 amide bonds. The highest BCUT2D eigenvalue weighted by molar-refractivity contribution is 5.81. The lowest BCUT2D eigenvalue weighted by molar-refractivity contribution is -0.130. The largest absolute Gasteiger partial charge is 0.479 e. The first-order valence-electron chi connectivity index (χ1n) is 10.8. The Balaban J connectivity index is 2.07. The van der Waals surface area contributed by atoms with Gasteiger partial charge in [-0.15, -0.1) is 0 Å². The summed E-state index contributed by atoms with van der Waals surface area (Å²) in [6.45, 7) is 12.2. The lowest BCUT2D eigenvalue weighted by atomic mass is 9.92. The summed E-state index contributed by atoms with van der Waals surface area (Å²) in [4.78, 5) is 15.5. The number of amides is 1. The average Bonchev–Trinajstić information content (AvgIpc) is 2.75. The molecular formula is C23H35N3O3. The topological polar surface area (TPSA) is 74.6 Å². The van der Waals surface area contributed by atoms with Gasteiger partial charge in [-0.2, -0.15) is 5.26 Å². The molecule has 0 saturated carbocycles. The van der Waals surface area contributed by atoms with Crippen LogP contribution in [0.25, 0.3) is 0 Å². The number of para-hydroxylation sites is 1. The molecule has 1 aromatic rings. The summed E-state index contributed by atoms with van der Waals surface area (Å²) in [5.41, 5.74) is 0.439. The van der Waals surface area contributed by atoms with Crippen molar-refractivity contribution in [2.24, 2.45) is 11.8 Å². The van der Waals surface area contributed by atoms with E-state index < -0.39 is 6.10 Å². The van der Waals surface area contributed by atoms with Gasteiger partial charge in [-0.05, 0) is 24.0 Å². The van der Waals surface area contributed by atoms with Crippen LogP contribution >= 0.6 is 0 Å². The van der Waals surface area contributed by atoms with Crippen molar-refractivity contribution in [1.29, 1.82) is 5.26 Å². The maximum atomic E-state index is 13.0. The van der Waals surface area contributed by atoms with Crippen LogP contribution in [0.2, 0.25) is 0 Å². The Morgan fingerprint density at radius 2 is 1.90 bits per heavy atom. The fourth-order valence-corrected chi connectivity index (χ4v) is 3.93. The zero-order chi connectivity index (χ0) is 21.2. The molecule has 1 N–H and O–H groups in total. The number of nitrogens with one attached hydrogen (secondary N) is 1. The van der Waals surface area contributed by atoms with E-state index in [1.165, 1.54) is 0 Å². The van der Waals surface area contributed by atoms with E-state index in [4.69, 9.17) is 9.47 Å². The van der Waals surface area contributed by atoms with Gasteiger partial charge in [0.1, 0.15) is 11.8 Å². The van der Waals surface area contributed by atoms with Crippen molar-refractivity contribution in [3.63, 3.8) is 0 Å². The molecule has 1 aliphatic heterocycles. The van der Waals surface area contributed by atoms with E-state index >= 15 is 0 Å². The van der Waals surface area contributed by atoms with E-state index in [0.717, 1.165) is 39.1 Å². The Hall–Kier alpha value is -2.10. The monoisotopic (exact) mass is 401 g/mol. The fourth-order valence-electron chi connectivity index (χ4n) is 3.93. The molecule has 0 spiro atoms. The van der Waals surface area contributed by atoms with Crippen molar-refractivity contribution in [3.8, 4) is 11.8 Å². The summed E-state index contributed by atoms with van der Waals surface area (Å²) in [5, 5.41) is 12.4. The van der Waals surface area contributed by atoms with E-state index in [1.54, 1.807) is 18.2 Å². The van der Waals surface area contributed by atoms with Crippen LogP contribution < -0.4 is 10.1 Å². The summed E-state index contributed by atoms with van der Waals surface area (Å²) in [7, 11) is 0. The van der Waals surface area contributed by atoms with E-state index in [0.29, 0.717) is 23.8 Å². The number of carbonyl (C=O) groups is 1. The van der Waals surface area contributed by atoms with Crippen molar-refractivity contribution < 1.29 is 14.3 Å². The van der Waals surface area contributed by atoms with Gasteiger partial charge in [-0.3, -0.25) is 9.69 Å². The van der Waals surface area contributed by atoms with E-state index in [2.05, 4.69) is 30.1 Å². The predicted molar refractivity (Wildman–Crippen MR) is 114 cm³/mol. The maximum Gasteiger partial charge on any atom is 0.261 e. The summed E-state index contributed by atoms with van der Waals surface area (Å²) < 4.78 is 11.5. The van der Waals surface area contributed by atoms with Crippen molar-refractivity contribution in [1.82, 2.24) is 10.2 Å². The minimum absolute atomic E-state index is 0.0169. The minimum Gasteiger partial charge on any atom is -0.479 e. The third-order valence-corrected chi connectivity index (χ3v) is 5.72. The van der Waals surface area contributed by atoms with E-state index in [1.807, 2.05) is 19.9 Å². The molecule has 6 nitrogen and oxygen atoms in total. The minimum atomic E-state index is -0.642. The van der Waals surface area contributed by atoms with Crippen LogP contribution in [0.4, 0.5) is 0 Å². The Morgan fingerprint density at radius 3 is 2.48 bits per heavy atom. The van der Waals surface area contributed by atoms with Crippen LogP contribution in [0, 0.1) is 23.2 Å². The molecule has 2 rings (SSSR count). The molecule has 1 heterocycles. The molecule has 2 atom stereocenters. The molecule has 0 aliphatic carbocycles. The molecule has 1 fully saturated rings. The number of carbonyl (C=O) groups excluding carboxylic acids is 1. The fraction of sp³-hybridized carbons (Fsp3) is 0.652. The van der Waals surface area contributed by atoms with Gasteiger partial charge in [0.05, 0.1) is 18.8 Å². The number of morpholine rings is 1. The molecule has 0 aromatic heterocycles. The molecule has 0 bridgehead atoms. The number of hydrogen-bond acceptors (Lipinski definition) is 5. The van der Waals surface area contributed by atoms with Crippen LogP contribution in [0.5, 0.6) is 5.75 Å². The van der Waals surface area contributed by atoms with Crippen LogP contribution in [0.3, 0.4) is 0 Å². The smallest absolute Gasteiger partial charge is 0.261 e. The molecule has 0 radical (unpaired) electrons. The van der Waals surface area contributed by atoms with Gasteiger partial charge in [0.15, 0.2) is 6.10 Å². The average molecular weight is 402 g/mol. The first kappa shape index (κ1) is 23.2. The Morgan fingerprint density at radius 1 is 1.24 bits per heavy atom. The molecule has 2 unspecified atom stereocenters. The van der Waals surface area contributed by atoms with Gasteiger partial charge < -0.3 is 14.8 Å². The van der Waals surface area contributed by atoms with Crippen LogP contribution in [0.1, 0.15) is 46.1 Å². The highest BCUT2D eigenvalue weighted by Gasteiger charge is 2.30. The number of nitrogens with zero attached hydrogens (tertiary/aromatic N) is 2. The highest BCUT2D eigenvalue weighted by Crippen LogP contribution is 2.22. The zero-order valence-electron chi connectivity index (χ0n) is 18.2. The molecule has 1 saturated heterocycles. The molecule has 29 heavy (non-hydrogen) atoms. The van der Waals surface area contributed by atoms with Gasteiger partial charge in [-0.25, -0.2) is 0 Å². The predicted octanol–water partition coefficient (Wildman–Crippen LogP) is 3.21. The van der Waals surface area contributed by atoms with Crippen molar-refractivity contribution in [2.45, 2.75) is 52.7 Å². The standard InChI is InChI=1S/C23H35N3O3/c1-5-18(6-2)20(26-11-13-28-14-12-26)16-25-23(27)22(17(3)4)29-21-10-8-7-9-19(21)15-24/h7-10,17-18,20,22H,5-6,11-14,16H2,1-4H3,(H,25,27). The summed E-state index contributed by atoms with van der Waals surface area (Å²) >= 11 is 0. The third-order valence-electron chi connectivity index (χ3n) is 5.72. The SMILES string of the molecule is CCC(CC)C(CNC(=O)C(Oc1ccccc1C#N)C(C)C)N1CCOCC1. The van der Waals surface area contributed by atoms with Gasteiger partial charge in [0.2, 0.25) is 0 Å². The second-order valence-corrected chi connectivity index (χ2v) is 7.93. The number of rotatable bonds is 10. The second kappa shape index (κ2) is 11.8. The van der Waals surface area contributed by atoms with E-state index in [9.17, 15) is 10.1 Å². The summed E-state index contributed by atoms with van der Waals surface area (Å²) in [5.74, 6) is 0.827. The van der Waals surface area contributed by atoms with Gasteiger partial charge in [0.25, 0.3) is 5.91 Å². The molecule has 1 aromatic carbocycles. The molecule has 1 aliphatic rings. The summed E-state index contributed by atoms with van der Waals surface area (Å²) in [6, 6.07) is 9.46.